The molecule has 0 aliphatic heterocycles. The lowest BCUT2D eigenvalue weighted by molar-refractivity contribution is 0.0780. The van der Waals surface area contributed by atoms with E-state index in [9.17, 15) is 13.6 Å². The summed E-state index contributed by atoms with van der Waals surface area (Å²) in [6.07, 6.45) is -0.754. The van der Waals surface area contributed by atoms with Crippen LogP contribution in [0, 0.1) is 0 Å². The van der Waals surface area contributed by atoms with Crippen LogP contribution in [0.3, 0.4) is 0 Å². The van der Waals surface area contributed by atoms with Gasteiger partial charge in [-0.2, -0.15) is 0 Å². The largest absolute Gasteiger partial charge is 0.471 e. The van der Waals surface area contributed by atoms with Gasteiger partial charge in [0.15, 0.2) is 6.61 Å². The van der Waals surface area contributed by atoms with E-state index in [2.05, 4.69) is 10.3 Å². The van der Waals surface area contributed by atoms with Crippen LogP contribution in [0.2, 0.25) is 0 Å². The van der Waals surface area contributed by atoms with Gasteiger partial charge in [-0.05, 0) is 36.2 Å². The number of halogens is 2. The number of carbonyl (C=O) groups excluding carboxylic acids is 1. The first-order chi connectivity index (χ1) is 11.1. The Kier molecular flexibility index (Phi) is 5.99. The van der Waals surface area contributed by atoms with Crippen LogP contribution >= 0.6 is 0 Å². The highest BCUT2D eigenvalue weighted by Crippen LogP contribution is 2.18. The molecule has 0 saturated heterocycles. The number of amides is 1. The minimum atomic E-state index is -2.65. The van der Waals surface area contributed by atoms with E-state index >= 15 is 0 Å². The first kappa shape index (κ1) is 16.8. The number of carbonyl (C=O) groups is 1. The number of aliphatic hydroxyl groups is 1. The molecule has 122 valence electrons. The maximum atomic E-state index is 12.2. The summed E-state index contributed by atoms with van der Waals surface area (Å²) in [5.74, 6) is -0.639. The Labute approximate surface area is 131 Å². The highest BCUT2D eigenvalue weighted by atomic mass is 19.3. The van der Waals surface area contributed by atoms with E-state index in [0.717, 1.165) is 5.56 Å². The molecular weight excluding hydrogens is 306 g/mol. The van der Waals surface area contributed by atoms with Crippen molar-refractivity contribution in [2.45, 2.75) is 12.8 Å². The second-order valence-corrected chi connectivity index (χ2v) is 4.68. The van der Waals surface area contributed by atoms with Crippen molar-refractivity contribution in [3.05, 3.63) is 53.7 Å². The Morgan fingerprint density at radius 3 is 2.65 bits per heavy atom. The van der Waals surface area contributed by atoms with Gasteiger partial charge in [-0.15, -0.1) is 0 Å². The summed E-state index contributed by atoms with van der Waals surface area (Å²) in [6, 6.07) is 9.92. The molecule has 0 saturated carbocycles. The van der Waals surface area contributed by atoms with Gasteiger partial charge in [-0.1, -0.05) is 12.1 Å². The Bertz CT molecular complexity index is 648. The molecular formula is C16H16F2N2O3. The standard InChI is InChI=1S/C16H16F2N2O3/c17-14(18)10-23-16-13(2-1-8-19-16)15(22)20-12-5-3-11(4-6-12)7-9-21/h1-6,8,14,21H,7,9-10H2,(H,20,22). The lowest BCUT2D eigenvalue weighted by atomic mass is 10.1. The second kappa shape index (κ2) is 8.19. The van der Waals surface area contributed by atoms with E-state index in [-0.39, 0.29) is 18.1 Å². The lowest BCUT2D eigenvalue weighted by Gasteiger charge is -2.10. The van der Waals surface area contributed by atoms with Crippen molar-refractivity contribution < 1.29 is 23.4 Å². The molecule has 7 heteroatoms. The van der Waals surface area contributed by atoms with Gasteiger partial charge in [0.25, 0.3) is 12.3 Å². The third-order valence-corrected chi connectivity index (χ3v) is 2.97. The summed E-state index contributed by atoms with van der Waals surface area (Å²) in [5.41, 5.74) is 1.56. The molecule has 0 unspecified atom stereocenters. The summed E-state index contributed by atoms with van der Waals surface area (Å²) < 4.78 is 29.3. The fourth-order valence-electron chi connectivity index (χ4n) is 1.90. The average Bonchev–Trinajstić information content (AvgIpc) is 2.55. The first-order valence-corrected chi connectivity index (χ1v) is 6.97. The number of rotatable bonds is 7. The predicted octanol–water partition coefficient (Wildman–Crippen LogP) is 2.51. The van der Waals surface area contributed by atoms with Crippen molar-refractivity contribution in [1.82, 2.24) is 4.98 Å². The van der Waals surface area contributed by atoms with Crippen LogP contribution in [-0.4, -0.2) is 35.6 Å². The van der Waals surface area contributed by atoms with Crippen molar-refractivity contribution in [3.63, 3.8) is 0 Å². The van der Waals surface area contributed by atoms with Gasteiger partial charge in [0, 0.05) is 18.5 Å². The number of hydrogen-bond donors (Lipinski definition) is 2. The van der Waals surface area contributed by atoms with Crippen LogP contribution in [0.1, 0.15) is 15.9 Å². The lowest BCUT2D eigenvalue weighted by Crippen LogP contribution is -2.16. The SMILES string of the molecule is O=C(Nc1ccc(CCO)cc1)c1cccnc1OCC(F)F. The molecule has 0 spiro atoms. The van der Waals surface area contributed by atoms with Crippen LogP contribution in [0.4, 0.5) is 14.5 Å². The van der Waals surface area contributed by atoms with Gasteiger partial charge < -0.3 is 15.2 Å². The Hall–Kier alpha value is -2.54. The Morgan fingerprint density at radius 2 is 2.00 bits per heavy atom. The molecule has 1 aromatic carbocycles. The van der Waals surface area contributed by atoms with Gasteiger partial charge >= 0.3 is 0 Å². The second-order valence-electron chi connectivity index (χ2n) is 4.68. The molecule has 0 atom stereocenters. The topological polar surface area (TPSA) is 71.5 Å². The van der Waals surface area contributed by atoms with Gasteiger partial charge in [-0.25, -0.2) is 13.8 Å². The molecule has 23 heavy (non-hydrogen) atoms. The number of alkyl halides is 2. The van der Waals surface area contributed by atoms with E-state index in [1.165, 1.54) is 18.3 Å². The zero-order chi connectivity index (χ0) is 16.7. The molecule has 0 aliphatic rings. The van der Waals surface area contributed by atoms with Crippen LogP contribution < -0.4 is 10.1 Å². The summed E-state index contributed by atoms with van der Waals surface area (Å²) in [4.78, 5) is 16.0. The summed E-state index contributed by atoms with van der Waals surface area (Å²) in [7, 11) is 0. The molecule has 2 N–H and O–H groups in total. The molecule has 0 aliphatic carbocycles. The van der Waals surface area contributed by atoms with Crippen molar-refractivity contribution in [1.29, 1.82) is 0 Å². The van der Waals surface area contributed by atoms with Crippen molar-refractivity contribution in [2.24, 2.45) is 0 Å². The Morgan fingerprint density at radius 1 is 1.26 bits per heavy atom. The highest BCUT2D eigenvalue weighted by Gasteiger charge is 2.15. The maximum Gasteiger partial charge on any atom is 0.272 e. The number of nitrogens with one attached hydrogen (secondary N) is 1. The van der Waals surface area contributed by atoms with E-state index in [4.69, 9.17) is 9.84 Å². The fraction of sp³-hybridized carbons (Fsp3) is 0.250. The first-order valence-electron chi connectivity index (χ1n) is 6.97. The normalized spacial score (nSPS) is 10.6. The quantitative estimate of drug-likeness (QED) is 0.822. The zero-order valence-electron chi connectivity index (χ0n) is 12.2. The minimum Gasteiger partial charge on any atom is -0.471 e. The fourth-order valence-corrected chi connectivity index (χ4v) is 1.90. The number of anilines is 1. The van der Waals surface area contributed by atoms with Gasteiger partial charge in [0.05, 0.1) is 0 Å². The van der Waals surface area contributed by atoms with E-state index in [0.29, 0.717) is 12.1 Å². The molecule has 2 rings (SSSR count). The van der Waals surface area contributed by atoms with Crippen molar-refractivity contribution >= 4 is 11.6 Å². The highest BCUT2D eigenvalue weighted by molar-refractivity contribution is 6.05. The monoisotopic (exact) mass is 322 g/mol. The molecule has 1 heterocycles. The molecule has 1 aromatic heterocycles. The smallest absolute Gasteiger partial charge is 0.272 e. The molecule has 5 nitrogen and oxygen atoms in total. The number of aromatic nitrogens is 1. The molecule has 0 fully saturated rings. The molecule has 2 aromatic rings. The van der Waals surface area contributed by atoms with Crippen molar-refractivity contribution in [2.75, 3.05) is 18.5 Å². The minimum absolute atomic E-state index is 0.0478. The number of nitrogens with zero attached hydrogens (tertiary/aromatic N) is 1. The predicted molar refractivity (Wildman–Crippen MR) is 80.9 cm³/mol. The third kappa shape index (κ3) is 5.00. The van der Waals surface area contributed by atoms with E-state index in [1.807, 2.05) is 0 Å². The maximum absolute atomic E-state index is 12.2. The average molecular weight is 322 g/mol. The molecule has 0 radical (unpaired) electrons. The van der Waals surface area contributed by atoms with Crippen LogP contribution in [0.25, 0.3) is 0 Å². The van der Waals surface area contributed by atoms with E-state index in [1.54, 1.807) is 24.3 Å². The van der Waals surface area contributed by atoms with Gasteiger partial charge in [0.2, 0.25) is 5.88 Å². The van der Waals surface area contributed by atoms with Gasteiger partial charge in [-0.3, -0.25) is 4.79 Å². The zero-order valence-corrected chi connectivity index (χ0v) is 12.2. The number of benzene rings is 1. The van der Waals surface area contributed by atoms with Crippen LogP contribution in [0.15, 0.2) is 42.6 Å². The summed E-state index contributed by atoms with van der Waals surface area (Å²) >= 11 is 0. The van der Waals surface area contributed by atoms with Crippen molar-refractivity contribution in [3.8, 4) is 5.88 Å². The number of pyridine rings is 1. The van der Waals surface area contributed by atoms with Crippen LogP contribution in [-0.2, 0) is 6.42 Å². The number of aliphatic hydroxyl groups excluding tert-OH is 1. The number of hydrogen-bond acceptors (Lipinski definition) is 4. The summed E-state index contributed by atoms with van der Waals surface area (Å²) in [5, 5.41) is 11.5. The molecule has 0 bridgehead atoms. The third-order valence-electron chi connectivity index (χ3n) is 2.97. The Balaban J connectivity index is 2.08. The van der Waals surface area contributed by atoms with Gasteiger partial charge in [0.1, 0.15) is 5.56 Å². The van der Waals surface area contributed by atoms with Crippen LogP contribution in [0.5, 0.6) is 5.88 Å². The number of ether oxygens (including phenoxy) is 1. The summed E-state index contributed by atoms with van der Waals surface area (Å²) in [6.45, 7) is -0.778. The molecule has 1 amide bonds. The van der Waals surface area contributed by atoms with E-state index < -0.39 is 18.9 Å².